The second-order valence-corrected chi connectivity index (χ2v) is 8.49. The molecule has 0 atom stereocenters. The van der Waals surface area contributed by atoms with Gasteiger partial charge in [0.05, 0.1) is 13.2 Å². The Morgan fingerprint density at radius 2 is 2.04 bits per heavy atom. The normalized spacial score (nSPS) is 26.6. The van der Waals surface area contributed by atoms with Crippen LogP contribution in [0.2, 0.25) is 0 Å². The van der Waals surface area contributed by atoms with Gasteiger partial charge in [0.25, 0.3) is 0 Å². The van der Waals surface area contributed by atoms with Gasteiger partial charge in [-0.3, -0.25) is 9.69 Å². The van der Waals surface area contributed by atoms with Crippen molar-refractivity contribution in [2.24, 2.45) is 5.92 Å². The van der Waals surface area contributed by atoms with E-state index in [1.165, 1.54) is 0 Å². The molecule has 3 aliphatic heterocycles. The molecule has 0 radical (unpaired) electrons. The van der Waals surface area contributed by atoms with E-state index in [9.17, 15) is 9.59 Å². The van der Waals surface area contributed by atoms with E-state index in [1.807, 2.05) is 29.2 Å². The number of anilines is 1. The van der Waals surface area contributed by atoms with E-state index in [1.54, 1.807) is 0 Å². The quantitative estimate of drug-likeness (QED) is 0.785. The van der Waals surface area contributed by atoms with Gasteiger partial charge < -0.3 is 20.3 Å². The number of carbonyl (C=O) groups excluding carboxylic acids is 2. The molecule has 3 saturated heterocycles. The van der Waals surface area contributed by atoms with Crippen LogP contribution in [0.5, 0.6) is 0 Å². The molecule has 4 fully saturated rings. The number of rotatable bonds is 6. The number of fused-ring (bicyclic) bond motifs is 1. The Kier molecular flexibility index (Phi) is 5.55. The number of hydrogen-bond donors (Lipinski definition) is 2. The summed E-state index contributed by atoms with van der Waals surface area (Å²) < 4.78 is 5.33. The summed E-state index contributed by atoms with van der Waals surface area (Å²) in [6.45, 7) is 7.52. The number of nitrogens with one attached hydrogen (secondary N) is 2. The molecule has 3 heterocycles. The van der Waals surface area contributed by atoms with Crippen LogP contribution in [0.4, 0.5) is 10.5 Å². The molecule has 2 bridgehead atoms. The molecule has 1 aliphatic carbocycles. The Morgan fingerprint density at radius 3 is 2.75 bits per heavy atom. The van der Waals surface area contributed by atoms with Crippen LogP contribution in [-0.2, 0) is 16.1 Å². The van der Waals surface area contributed by atoms with E-state index < -0.39 is 0 Å². The third-order valence-corrected chi connectivity index (χ3v) is 6.21. The first kappa shape index (κ1) is 19.2. The van der Waals surface area contributed by atoms with E-state index in [-0.39, 0.29) is 17.5 Å². The molecular weight excluding hydrogens is 356 g/mol. The van der Waals surface area contributed by atoms with Gasteiger partial charge >= 0.3 is 6.03 Å². The van der Waals surface area contributed by atoms with Gasteiger partial charge in [-0.25, -0.2) is 4.79 Å². The Balaban J connectivity index is 1.23. The number of benzene rings is 1. The van der Waals surface area contributed by atoms with Gasteiger partial charge in [0, 0.05) is 50.4 Å². The highest BCUT2D eigenvalue weighted by atomic mass is 16.5. The van der Waals surface area contributed by atoms with Crippen LogP contribution in [0.25, 0.3) is 0 Å². The Labute approximate surface area is 166 Å². The van der Waals surface area contributed by atoms with Crippen LogP contribution < -0.4 is 10.6 Å². The van der Waals surface area contributed by atoms with E-state index in [0.29, 0.717) is 18.9 Å². The van der Waals surface area contributed by atoms with Gasteiger partial charge in [-0.1, -0.05) is 12.1 Å². The molecule has 28 heavy (non-hydrogen) atoms. The second-order valence-electron chi connectivity index (χ2n) is 8.49. The number of amides is 3. The van der Waals surface area contributed by atoms with Gasteiger partial charge in [0.2, 0.25) is 5.91 Å². The SMILES string of the molecule is CC12CC(CN1C(=O)NCc1cccc(NC(=O)CCN3CCOCC3)c1)C2. The number of ether oxygens (including phenoxy) is 1. The maximum Gasteiger partial charge on any atom is 0.318 e. The lowest BCUT2D eigenvalue weighted by molar-refractivity contribution is -0.116. The van der Waals surface area contributed by atoms with Crippen molar-refractivity contribution in [3.05, 3.63) is 29.8 Å². The van der Waals surface area contributed by atoms with Crippen molar-refractivity contribution in [2.45, 2.75) is 38.3 Å². The van der Waals surface area contributed by atoms with Crippen molar-refractivity contribution in [2.75, 3.05) is 44.7 Å². The number of carbonyl (C=O) groups is 2. The standard InChI is InChI=1S/C21H30N4O3/c1-21-12-17(13-21)15-25(21)20(27)22-14-16-3-2-4-18(11-16)23-19(26)5-6-24-7-9-28-10-8-24/h2-4,11,17H,5-10,12-15H2,1H3,(H,22,27)(H,23,26). The fourth-order valence-electron chi connectivity index (χ4n) is 4.68. The van der Waals surface area contributed by atoms with Gasteiger partial charge in [0.1, 0.15) is 0 Å². The van der Waals surface area contributed by atoms with Crippen molar-refractivity contribution >= 4 is 17.6 Å². The van der Waals surface area contributed by atoms with Gasteiger partial charge in [0.15, 0.2) is 0 Å². The summed E-state index contributed by atoms with van der Waals surface area (Å²) >= 11 is 0. The summed E-state index contributed by atoms with van der Waals surface area (Å²) in [5.74, 6) is 0.698. The molecule has 2 N–H and O–H groups in total. The van der Waals surface area contributed by atoms with Crippen LogP contribution in [0, 0.1) is 5.92 Å². The lowest BCUT2D eigenvalue weighted by atomic mass is 9.75. The van der Waals surface area contributed by atoms with Crippen molar-refractivity contribution in [3.8, 4) is 0 Å². The summed E-state index contributed by atoms with van der Waals surface area (Å²) in [7, 11) is 0. The Morgan fingerprint density at radius 1 is 1.25 bits per heavy atom. The molecule has 1 aromatic carbocycles. The molecule has 3 amide bonds. The van der Waals surface area contributed by atoms with Crippen molar-refractivity contribution in [3.63, 3.8) is 0 Å². The highest BCUT2D eigenvalue weighted by Crippen LogP contribution is 2.49. The molecule has 0 aromatic heterocycles. The van der Waals surface area contributed by atoms with E-state index in [0.717, 1.165) is 63.5 Å². The Hall–Kier alpha value is -2.12. The maximum absolute atomic E-state index is 12.5. The van der Waals surface area contributed by atoms with Crippen molar-refractivity contribution in [1.82, 2.24) is 15.1 Å². The summed E-state index contributed by atoms with van der Waals surface area (Å²) in [6.07, 6.45) is 2.73. The Bertz CT molecular complexity index is 726. The minimum absolute atomic E-state index is 0.0115. The van der Waals surface area contributed by atoms with E-state index in [2.05, 4.69) is 22.5 Å². The molecule has 5 rings (SSSR count). The zero-order chi connectivity index (χ0) is 19.6. The molecule has 0 spiro atoms. The number of morpholine rings is 1. The average molecular weight is 386 g/mol. The minimum atomic E-state index is 0.0115. The van der Waals surface area contributed by atoms with Crippen LogP contribution in [0.3, 0.4) is 0 Å². The summed E-state index contributed by atoms with van der Waals surface area (Å²) in [5, 5.41) is 5.99. The fraction of sp³-hybridized carbons (Fsp3) is 0.619. The first-order valence-corrected chi connectivity index (χ1v) is 10.3. The second kappa shape index (κ2) is 8.09. The molecule has 152 valence electrons. The summed E-state index contributed by atoms with van der Waals surface area (Å²) in [4.78, 5) is 29.0. The van der Waals surface area contributed by atoms with Crippen LogP contribution >= 0.6 is 0 Å². The van der Waals surface area contributed by atoms with E-state index in [4.69, 9.17) is 4.74 Å². The zero-order valence-electron chi connectivity index (χ0n) is 16.6. The molecular formula is C21H30N4O3. The topological polar surface area (TPSA) is 73.9 Å². The predicted octanol–water partition coefficient (Wildman–Crippen LogP) is 2.04. The number of nitrogens with zero attached hydrogens (tertiary/aromatic N) is 2. The van der Waals surface area contributed by atoms with Crippen molar-refractivity contribution < 1.29 is 14.3 Å². The lowest BCUT2D eigenvalue weighted by Gasteiger charge is -2.38. The maximum atomic E-state index is 12.5. The largest absolute Gasteiger partial charge is 0.379 e. The van der Waals surface area contributed by atoms with Gasteiger partial charge in [-0.05, 0) is 43.4 Å². The fourth-order valence-corrected chi connectivity index (χ4v) is 4.68. The van der Waals surface area contributed by atoms with Crippen LogP contribution in [0.15, 0.2) is 24.3 Å². The molecule has 7 nitrogen and oxygen atoms in total. The van der Waals surface area contributed by atoms with E-state index >= 15 is 0 Å². The molecule has 1 saturated carbocycles. The van der Waals surface area contributed by atoms with Gasteiger partial charge in [-0.2, -0.15) is 0 Å². The zero-order valence-corrected chi connectivity index (χ0v) is 16.6. The summed E-state index contributed by atoms with van der Waals surface area (Å²) in [5.41, 5.74) is 1.82. The minimum Gasteiger partial charge on any atom is -0.379 e. The number of urea groups is 1. The molecule has 4 aliphatic rings. The molecule has 7 heteroatoms. The molecule has 1 aromatic rings. The molecule has 0 unspecified atom stereocenters. The smallest absolute Gasteiger partial charge is 0.318 e. The first-order chi connectivity index (χ1) is 13.5. The van der Waals surface area contributed by atoms with Gasteiger partial charge in [-0.15, -0.1) is 0 Å². The monoisotopic (exact) mass is 386 g/mol. The predicted molar refractivity (Wildman–Crippen MR) is 107 cm³/mol. The lowest BCUT2D eigenvalue weighted by Crippen LogP contribution is -2.49. The highest BCUT2D eigenvalue weighted by Gasteiger charge is 2.54. The first-order valence-electron chi connectivity index (χ1n) is 10.3. The number of hydrogen-bond acceptors (Lipinski definition) is 4. The van der Waals surface area contributed by atoms with Crippen LogP contribution in [-0.4, -0.2) is 66.7 Å². The van der Waals surface area contributed by atoms with Crippen LogP contribution in [0.1, 0.15) is 31.7 Å². The van der Waals surface area contributed by atoms with Crippen molar-refractivity contribution in [1.29, 1.82) is 0 Å². The average Bonchev–Trinajstić information content (AvgIpc) is 3.19. The third kappa shape index (κ3) is 4.31. The summed E-state index contributed by atoms with van der Waals surface area (Å²) in [6, 6.07) is 7.71. The third-order valence-electron chi connectivity index (χ3n) is 6.21. The highest BCUT2D eigenvalue weighted by molar-refractivity contribution is 5.90.